The van der Waals surface area contributed by atoms with Gasteiger partial charge in [-0.2, -0.15) is 0 Å². The van der Waals surface area contributed by atoms with Crippen molar-refractivity contribution in [2.24, 2.45) is 5.92 Å². The third-order valence-electron chi connectivity index (χ3n) is 4.54. The molecule has 0 saturated heterocycles. The topological polar surface area (TPSA) is 91.8 Å². The largest absolute Gasteiger partial charge is 0.367 e. The summed E-state index contributed by atoms with van der Waals surface area (Å²) in [6.07, 6.45) is 7.45. The summed E-state index contributed by atoms with van der Waals surface area (Å²) in [5.41, 5.74) is 1.11. The Morgan fingerprint density at radius 1 is 1.00 bits per heavy atom. The molecule has 0 bridgehead atoms. The van der Waals surface area contributed by atoms with Crippen molar-refractivity contribution in [3.63, 3.8) is 0 Å². The normalized spacial score (nSPS) is 14.7. The van der Waals surface area contributed by atoms with E-state index in [9.17, 15) is 4.79 Å². The molecule has 2 heterocycles. The number of aromatic nitrogens is 3. The number of carbonyl (C=O) groups excluding carboxylic acids is 1. The Hall–Kier alpha value is -2.70. The van der Waals surface area contributed by atoms with Crippen molar-refractivity contribution >= 4 is 23.4 Å². The molecule has 0 unspecified atom stereocenters. The fourth-order valence-electron chi connectivity index (χ4n) is 3.05. The quantitative estimate of drug-likeness (QED) is 0.662. The molecule has 0 aliphatic heterocycles. The van der Waals surface area contributed by atoms with Gasteiger partial charge >= 0.3 is 0 Å². The molecule has 2 aromatic rings. The van der Waals surface area contributed by atoms with Gasteiger partial charge in [-0.25, -0.2) is 4.98 Å². The van der Waals surface area contributed by atoms with Gasteiger partial charge in [0.2, 0.25) is 5.91 Å². The zero-order valence-corrected chi connectivity index (χ0v) is 15.2. The lowest BCUT2D eigenvalue weighted by atomic mass is 9.89. The molecule has 138 valence electrons. The fourth-order valence-corrected chi connectivity index (χ4v) is 3.05. The lowest BCUT2D eigenvalue weighted by molar-refractivity contribution is -0.125. The van der Waals surface area contributed by atoms with E-state index in [-0.39, 0.29) is 11.8 Å². The van der Waals surface area contributed by atoms with Gasteiger partial charge in [-0.05, 0) is 43.5 Å². The second-order valence-corrected chi connectivity index (χ2v) is 6.70. The van der Waals surface area contributed by atoms with E-state index in [4.69, 9.17) is 0 Å². The van der Waals surface area contributed by atoms with Crippen LogP contribution in [0.5, 0.6) is 0 Å². The van der Waals surface area contributed by atoms with E-state index in [1.165, 1.54) is 19.3 Å². The smallest absolute Gasteiger partial charge is 0.223 e. The summed E-state index contributed by atoms with van der Waals surface area (Å²) in [6, 6.07) is 7.59. The summed E-state index contributed by atoms with van der Waals surface area (Å²) >= 11 is 0. The summed E-state index contributed by atoms with van der Waals surface area (Å²) in [5.74, 6) is 2.43. The van der Waals surface area contributed by atoms with Crippen LogP contribution >= 0.6 is 0 Å². The van der Waals surface area contributed by atoms with Gasteiger partial charge in [-0.1, -0.05) is 25.3 Å². The molecule has 3 rings (SSSR count). The van der Waals surface area contributed by atoms with Gasteiger partial charge in [0.1, 0.15) is 11.6 Å². The van der Waals surface area contributed by atoms with Crippen molar-refractivity contribution in [2.45, 2.75) is 39.0 Å². The van der Waals surface area contributed by atoms with Crippen molar-refractivity contribution in [1.29, 1.82) is 0 Å². The monoisotopic (exact) mass is 354 g/mol. The van der Waals surface area contributed by atoms with Gasteiger partial charge in [-0.15, -0.1) is 10.2 Å². The zero-order valence-electron chi connectivity index (χ0n) is 15.2. The first kappa shape index (κ1) is 18.1. The second kappa shape index (κ2) is 9.12. The van der Waals surface area contributed by atoms with Crippen molar-refractivity contribution < 1.29 is 4.79 Å². The Labute approximate surface area is 154 Å². The van der Waals surface area contributed by atoms with Crippen LogP contribution in [0.15, 0.2) is 30.5 Å². The Balaban J connectivity index is 1.38. The lowest BCUT2D eigenvalue weighted by Crippen LogP contribution is -2.35. The van der Waals surface area contributed by atoms with E-state index in [1.54, 1.807) is 6.20 Å². The second-order valence-electron chi connectivity index (χ2n) is 6.70. The average Bonchev–Trinajstić information content (AvgIpc) is 2.69. The Morgan fingerprint density at radius 3 is 2.42 bits per heavy atom. The van der Waals surface area contributed by atoms with Crippen LogP contribution in [0.2, 0.25) is 0 Å². The minimum atomic E-state index is 0.183. The van der Waals surface area contributed by atoms with E-state index in [2.05, 4.69) is 31.1 Å². The predicted octanol–water partition coefficient (Wildman–Crippen LogP) is 3.03. The summed E-state index contributed by atoms with van der Waals surface area (Å²) < 4.78 is 0. The van der Waals surface area contributed by atoms with Crippen LogP contribution < -0.4 is 16.0 Å². The van der Waals surface area contributed by atoms with E-state index in [0.29, 0.717) is 24.7 Å². The molecular formula is C19H26N6O. The van der Waals surface area contributed by atoms with Gasteiger partial charge in [0.25, 0.3) is 0 Å². The average molecular weight is 354 g/mol. The summed E-state index contributed by atoms with van der Waals surface area (Å²) in [7, 11) is 0. The molecule has 7 nitrogen and oxygen atoms in total. The summed E-state index contributed by atoms with van der Waals surface area (Å²) in [4.78, 5) is 16.3. The number of nitrogens with zero attached hydrogens (tertiary/aromatic N) is 3. The van der Waals surface area contributed by atoms with Crippen LogP contribution in [0.3, 0.4) is 0 Å². The third-order valence-corrected chi connectivity index (χ3v) is 4.54. The lowest BCUT2D eigenvalue weighted by Gasteiger charge is -2.20. The molecule has 3 N–H and O–H groups in total. The van der Waals surface area contributed by atoms with E-state index < -0.39 is 0 Å². The SMILES string of the molecule is Cc1ccc(Nc2ccc(NCCNC(=O)C3CCCCC3)nn2)nc1. The molecule has 7 heteroatoms. The first-order valence-electron chi connectivity index (χ1n) is 9.26. The van der Waals surface area contributed by atoms with Crippen molar-refractivity contribution in [1.82, 2.24) is 20.5 Å². The zero-order chi connectivity index (χ0) is 18.2. The summed E-state index contributed by atoms with van der Waals surface area (Å²) in [6.45, 7) is 3.21. The Kier molecular flexibility index (Phi) is 6.35. The van der Waals surface area contributed by atoms with Gasteiger partial charge in [0, 0.05) is 25.2 Å². The highest BCUT2D eigenvalue weighted by molar-refractivity contribution is 5.78. The molecule has 0 aromatic carbocycles. The first-order chi connectivity index (χ1) is 12.7. The maximum absolute atomic E-state index is 12.1. The van der Waals surface area contributed by atoms with E-state index in [1.807, 2.05) is 31.2 Å². The number of rotatable bonds is 7. The standard InChI is InChI=1S/C19H26N6O/c1-14-7-8-16(22-13-14)23-18-10-9-17(24-25-18)20-11-12-21-19(26)15-5-3-2-4-6-15/h7-10,13,15H,2-6,11-12H2,1H3,(H,20,24)(H,21,26)(H,22,23,25). The number of aryl methyl sites for hydroxylation is 1. The van der Waals surface area contributed by atoms with Crippen LogP contribution in [0.1, 0.15) is 37.7 Å². The minimum absolute atomic E-state index is 0.183. The molecule has 0 atom stereocenters. The molecule has 1 amide bonds. The molecule has 26 heavy (non-hydrogen) atoms. The van der Waals surface area contributed by atoms with Crippen molar-refractivity contribution in [2.75, 3.05) is 23.7 Å². The third kappa shape index (κ3) is 5.40. The number of hydrogen-bond acceptors (Lipinski definition) is 6. The molecule has 2 aromatic heterocycles. The molecule has 0 radical (unpaired) electrons. The molecule has 1 aliphatic rings. The van der Waals surface area contributed by atoms with E-state index in [0.717, 1.165) is 24.2 Å². The van der Waals surface area contributed by atoms with Crippen molar-refractivity contribution in [3.05, 3.63) is 36.0 Å². The first-order valence-corrected chi connectivity index (χ1v) is 9.26. The number of amides is 1. The summed E-state index contributed by atoms with van der Waals surface area (Å²) in [5, 5.41) is 17.5. The number of carbonyl (C=O) groups is 1. The van der Waals surface area contributed by atoms with Crippen molar-refractivity contribution in [3.8, 4) is 0 Å². The minimum Gasteiger partial charge on any atom is -0.367 e. The van der Waals surface area contributed by atoms with Crippen LogP contribution in [0.25, 0.3) is 0 Å². The highest BCUT2D eigenvalue weighted by Gasteiger charge is 2.20. The van der Waals surface area contributed by atoms with Crippen LogP contribution in [-0.2, 0) is 4.79 Å². The van der Waals surface area contributed by atoms with E-state index >= 15 is 0 Å². The molecule has 1 fully saturated rings. The number of hydrogen-bond donors (Lipinski definition) is 3. The molecule has 0 spiro atoms. The molecule has 1 aliphatic carbocycles. The Morgan fingerprint density at radius 2 is 1.73 bits per heavy atom. The van der Waals surface area contributed by atoms with Crippen LogP contribution in [-0.4, -0.2) is 34.2 Å². The van der Waals surface area contributed by atoms with Gasteiger partial charge in [-0.3, -0.25) is 4.79 Å². The number of anilines is 3. The van der Waals surface area contributed by atoms with Crippen LogP contribution in [0.4, 0.5) is 17.5 Å². The van der Waals surface area contributed by atoms with Crippen LogP contribution in [0, 0.1) is 12.8 Å². The predicted molar refractivity (Wildman–Crippen MR) is 102 cm³/mol. The number of nitrogens with one attached hydrogen (secondary N) is 3. The van der Waals surface area contributed by atoms with Gasteiger partial charge in [0.05, 0.1) is 0 Å². The Bertz CT molecular complexity index is 695. The molecular weight excluding hydrogens is 328 g/mol. The highest BCUT2D eigenvalue weighted by atomic mass is 16.1. The maximum Gasteiger partial charge on any atom is 0.223 e. The molecule has 1 saturated carbocycles. The van der Waals surface area contributed by atoms with Gasteiger partial charge < -0.3 is 16.0 Å². The fraction of sp³-hybridized carbons (Fsp3) is 0.474. The maximum atomic E-state index is 12.1. The highest BCUT2D eigenvalue weighted by Crippen LogP contribution is 2.23. The number of pyridine rings is 1. The van der Waals surface area contributed by atoms with Gasteiger partial charge in [0.15, 0.2) is 5.82 Å².